The molecule has 0 aliphatic heterocycles. The fourth-order valence-corrected chi connectivity index (χ4v) is 4.58. The lowest BCUT2D eigenvalue weighted by molar-refractivity contribution is 0.181. The summed E-state index contributed by atoms with van der Waals surface area (Å²) in [6, 6.07) is 0. The molecule has 0 radical (unpaired) electrons. The van der Waals surface area contributed by atoms with Crippen molar-refractivity contribution < 1.29 is 4.43 Å². The molecule has 0 saturated heterocycles. The predicted octanol–water partition coefficient (Wildman–Crippen LogP) is 5.27. The Kier molecular flexibility index (Phi) is 3.29. The molecule has 0 heterocycles. The average molecular weight is 264 g/mol. The summed E-state index contributed by atoms with van der Waals surface area (Å²) < 4.78 is 6.38. The van der Waals surface area contributed by atoms with Crippen LogP contribution in [0.25, 0.3) is 0 Å². The van der Waals surface area contributed by atoms with Crippen LogP contribution in [0.4, 0.5) is 0 Å². The van der Waals surface area contributed by atoms with Crippen molar-refractivity contribution in [2.45, 2.75) is 66.1 Å². The van der Waals surface area contributed by atoms with E-state index in [1.54, 1.807) is 5.57 Å². The molecular formula is C16H28OSi. The van der Waals surface area contributed by atoms with E-state index < -0.39 is 8.32 Å². The smallest absolute Gasteiger partial charge is 0.242 e. The molecule has 0 aromatic rings. The van der Waals surface area contributed by atoms with Crippen LogP contribution in [-0.2, 0) is 4.43 Å². The number of hydrogen-bond acceptors (Lipinski definition) is 1. The van der Waals surface area contributed by atoms with Crippen LogP contribution in [-0.4, -0.2) is 8.32 Å². The summed E-state index contributed by atoms with van der Waals surface area (Å²) in [4.78, 5) is 0. The zero-order valence-electron chi connectivity index (χ0n) is 12.9. The second kappa shape index (κ2) is 4.26. The first-order chi connectivity index (χ1) is 8.14. The standard InChI is InChI=1S/C16H28OSi/c1-15(2)10-8-12-16(3)11-7-9-13(14(15)16)17-18(4,5)6/h7,9H,8,10-12H2,1-6H3. The molecule has 1 atom stereocenters. The molecule has 18 heavy (non-hydrogen) atoms. The van der Waals surface area contributed by atoms with Crippen molar-refractivity contribution in [1.82, 2.24) is 0 Å². The first-order valence-electron chi connectivity index (χ1n) is 7.25. The van der Waals surface area contributed by atoms with Crippen LogP contribution >= 0.6 is 0 Å². The van der Waals surface area contributed by atoms with Crippen LogP contribution in [0.15, 0.2) is 23.5 Å². The van der Waals surface area contributed by atoms with E-state index in [1.807, 2.05) is 0 Å². The Labute approximate surface area is 113 Å². The summed E-state index contributed by atoms with van der Waals surface area (Å²) in [5.41, 5.74) is 2.23. The zero-order valence-corrected chi connectivity index (χ0v) is 13.9. The van der Waals surface area contributed by atoms with Gasteiger partial charge in [0.1, 0.15) is 5.76 Å². The van der Waals surface area contributed by atoms with Gasteiger partial charge >= 0.3 is 0 Å². The van der Waals surface area contributed by atoms with E-state index in [4.69, 9.17) is 4.43 Å². The second-order valence-electron chi connectivity index (χ2n) is 7.86. The molecule has 2 aliphatic rings. The van der Waals surface area contributed by atoms with Crippen molar-refractivity contribution in [1.29, 1.82) is 0 Å². The van der Waals surface area contributed by atoms with E-state index in [9.17, 15) is 0 Å². The van der Waals surface area contributed by atoms with E-state index in [1.165, 1.54) is 31.4 Å². The van der Waals surface area contributed by atoms with Gasteiger partial charge in [-0.05, 0) is 61.4 Å². The van der Waals surface area contributed by atoms with Crippen LogP contribution < -0.4 is 0 Å². The molecule has 2 aliphatic carbocycles. The van der Waals surface area contributed by atoms with Crippen molar-refractivity contribution in [3.63, 3.8) is 0 Å². The maximum Gasteiger partial charge on any atom is 0.242 e. The minimum Gasteiger partial charge on any atom is -0.544 e. The maximum absolute atomic E-state index is 6.38. The van der Waals surface area contributed by atoms with Crippen LogP contribution in [0.1, 0.15) is 46.5 Å². The Balaban J connectivity index is 2.47. The Bertz CT molecular complexity index is 398. The molecule has 0 bridgehead atoms. The topological polar surface area (TPSA) is 9.23 Å². The molecule has 0 N–H and O–H groups in total. The molecular weight excluding hydrogens is 236 g/mol. The molecule has 0 aromatic heterocycles. The van der Waals surface area contributed by atoms with Gasteiger partial charge in [-0.1, -0.05) is 33.3 Å². The summed E-state index contributed by atoms with van der Waals surface area (Å²) in [6.07, 6.45) is 9.70. The zero-order chi connectivity index (χ0) is 13.6. The van der Waals surface area contributed by atoms with Crippen molar-refractivity contribution in [3.8, 4) is 0 Å². The highest BCUT2D eigenvalue weighted by Gasteiger charge is 2.44. The van der Waals surface area contributed by atoms with Gasteiger partial charge in [-0.2, -0.15) is 0 Å². The molecule has 1 unspecified atom stereocenters. The lowest BCUT2D eigenvalue weighted by atomic mass is 9.58. The lowest BCUT2D eigenvalue weighted by Gasteiger charge is -2.48. The molecule has 102 valence electrons. The second-order valence-corrected chi connectivity index (χ2v) is 12.3. The van der Waals surface area contributed by atoms with Gasteiger partial charge in [0.15, 0.2) is 0 Å². The number of rotatable bonds is 2. The lowest BCUT2D eigenvalue weighted by Crippen LogP contribution is -2.38. The van der Waals surface area contributed by atoms with E-state index in [0.29, 0.717) is 10.8 Å². The van der Waals surface area contributed by atoms with Gasteiger partial charge in [-0.15, -0.1) is 0 Å². The summed E-state index contributed by atoms with van der Waals surface area (Å²) in [6.45, 7) is 14.0. The fraction of sp³-hybridized carbons (Fsp3) is 0.750. The highest BCUT2D eigenvalue weighted by molar-refractivity contribution is 6.70. The van der Waals surface area contributed by atoms with Crippen LogP contribution in [0.5, 0.6) is 0 Å². The molecule has 0 aromatic carbocycles. The first kappa shape index (κ1) is 13.9. The fourth-order valence-electron chi connectivity index (χ4n) is 3.75. The van der Waals surface area contributed by atoms with Gasteiger partial charge in [0, 0.05) is 0 Å². The third kappa shape index (κ3) is 2.58. The quantitative estimate of drug-likeness (QED) is 0.617. The minimum absolute atomic E-state index is 0.298. The maximum atomic E-state index is 6.38. The Hall–Kier alpha value is -0.503. The van der Waals surface area contributed by atoms with Crippen LogP contribution in [0.3, 0.4) is 0 Å². The van der Waals surface area contributed by atoms with Gasteiger partial charge in [-0.3, -0.25) is 0 Å². The first-order valence-corrected chi connectivity index (χ1v) is 10.7. The van der Waals surface area contributed by atoms with Crippen molar-refractivity contribution >= 4 is 8.32 Å². The van der Waals surface area contributed by atoms with Crippen molar-refractivity contribution in [2.75, 3.05) is 0 Å². The van der Waals surface area contributed by atoms with E-state index >= 15 is 0 Å². The summed E-state index contributed by atoms with van der Waals surface area (Å²) in [7, 11) is -1.53. The monoisotopic (exact) mass is 264 g/mol. The average Bonchev–Trinajstić information content (AvgIpc) is 2.12. The highest BCUT2D eigenvalue weighted by atomic mass is 28.4. The largest absolute Gasteiger partial charge is 0.544 e. The number of fused-ring (bicyclic) bond motifs is 1. The summed E-state index contributed by atoms with van der Waals surface area (Å²) >= 11 is 0. The highest BCUT2D eigenvalue weighted by Crippen LogP contribution is 2.55. The summed E-state index contributed by atoms with van der Waals surface area (Å²) in [5, 5.41) is 0. The summed E-state index contributed by atoms with van der Waals surface area (Å²) in [5.74, 6) is 1.20. The Morgan fingerprint density at radius 2 is 1.78 bits per heavy atom. The van der Waals surface area contributed by atoms with Gasteiger partial charge in [-0.25, -0.2) is 0 Å². The third-order valence-corrected chi connectivity index (χ3v) is 5.14. The Morgan fingerprint density at radius 3 is 2.39 bits per heavy atom. The molecule has 0 spiro atoms. The van der Waals surface area contributed by atoms with Gasteiger partial charge in [0.2, 0.25) is 8.32 Å². The molecule has 1 fully saturated rings. The van der Waals surface area contributed by atoms with E-state index in [2.05, 4.69) is 52.6 Å². The molecule has 2 rings (SSSR count). The van der Waals surface area contributed by atoms with Crippen molar-refractivity contribution in [2.24, 2.45) is 10.8 Å². The third-order valence-electron chi connectivity index (χ3n) is 4.31. The SMILES string of the molecule is CC1(C)CCCC2(C)CC=CC(O[Si](C)(C)C)=C12. The van der Waals surface area contributed by atoms with Gasteiger partial charge in [0.05, 0.1) is 0 Å². The molecule has 2 heteroatoms. The minimum atomic E-state index is -1.53. The molecule has 1 nitrogen and oxygen atoms in total. The van der Waals surface area contributed by atoms with Crippen LogP contribution in [0, 0.1) is 10.8 Å². The molecule has 1 saturated carbocycles. The number of allylic oxidation sites excluding steroid dienone is 3. The predicted molar refractivity (Wildman–Crippen MR) is 81.0 cm³/mol. The van der Waals surface area contributed by atoms with Gasteiger partial charge in [0.25, 0.3) is 0 Å². The van der Waals surface area contributed by atoms with Crippen LogP contribution in [0.2, 0.25) is 19.6 Å². The van der Waals surface area contributed by atoms with E-state index in [0.717, 1.165) is 0 Å². The van der Waals surface area contributed by atoms with Crippen molar-refractivity contribution in [3.05, 3.63) is 23.5 Å². The normalized spacial score (nSPS) is 31.2. The Morgan fingerprint density at radius 1 is 1.11 bits per heavy atom. The number of hydrogen-bond donors (Lipinski definition) is 0. The van der Waals surface area contributed by atoms with Gasteiger partial charge < -0.3 is 4.43 Å². The van der Waals surface area contributed by atoms with E-state index in [-0.39, 0.29) is 0 Å². The molecule has 0 amide bonds.